The van der Waals surface area contributed by atoms with Crippen LogP contribution in [0.25, 0.3) is 0 Å². The lowest BCUT2D eigenvalue weighted by Gasteiger charge is -2.40. The lowest BCUT2D eigenvalue weighted by atomic mass is 9.98. The van der Waals surface area contributed by atoms with Crippen LogP contribution in [0.15, 0.2) is 72.9 Å². The number of aliphatic hydroxyl groups excluding tert-OH is 2. The molecule has 6 atom stereocenters. The van der Waals surface area contributed by atoms with E-state index < -0.39 is 67.3 Å². The van der Waals surface area contributed by atoms with Crippen LogP contribution in [-0.2, 0) is 42.9 Å². The molecule has 12 heteroatoms. The molecule has 0 aromatic heterocycles. The lowest BCUT2D eigenvalue weighted by molar-refractivity contribution is -0.301. The first-order valence-electron chi connectivity index (χ1n) is 32.9. The van der Waals surface area contributed by atoms with Gasteiger partial charge in [0.05, 0.1) is 6.61 Å². The maximum absolute atomic E-state index is 13.2. The number of rotatable bonds is 56. The van der Waals surface area contributed by atoms with Gasteiger partial charge in [-0.05, 0) is 116 Å². The lowest BCUT2D eigenvalue weighted by Crippen LogP contribution is -2.61. The van der Waals surface area contributed by atoms with E-state index in [1.54, 1.807) is 0 Å². The van der Waals surface area contributed by atoms with E-state index in [0.717, 1.165) is 141 Å². The number of allylic oxidation sites excluding steroid dienone is 12. The minimum atomic E-state index is -1.91. The minimum Gasteiger partial charge on any atom is -0.479 e. The van der Waals surface area contributed by atoms with Crippen LogP contribution in [0, 0.1) is 0 Å². The van der Waals surface area contributed by atoms with Crippen LogP contribution in [0.2, 0.25) is 0 Å². The molecule has 1 saturated heterocycles. The van der Waals surface area contributed by atoms with Crippen LogP contribution in [0.1, 0.15) is 290 Å². The Labute approximate surface area is 493 Å². The van der Waals surface area contributed by atoms with Gasteiger partial charge in [-0.15, -0.1) is 0 Å². The molecule has 81 heavy (non-hydrogen) atoms. The Morgan fingerprint density at radius 3 is 1.11 bits per heavy atom. The molecule has 466 valence electrons. The summed E-state index contributed by atoms with van der Waals surface area (Å²) in [4.78, 5) is 51.4. The van der Waals surface area contributed by atoms with Gasteiger partial charge in [0.1, 0.15) is 18.8 Å². The van der Waals surface area contributed by atoms with Gasteiger partial charge in [0, 0.05) is 19.3 Å². The van der Waals surface area contributed by atoms with Gasteiger partial charge in [-0.25, -0.2) is 4.79 Å². The summed E-state index contributed by atoms with van der Waals surface area (Å²) in [7, 11) is 0. The summed E-state index contributed by atoms with van der Waals surface area (Å²) in [5, 5.41) is 31.6. The zero-order chi connectivity index (χ0) is 58.9. The van der Waals surface area contributed by atoms with Crippen LogP contribution in [0.5, 0.6) is 0 Å². The summed E-state index contributed by atoms with van der Waals surface area (Å²) in [6.07, 6.45) is 59.9. The predicted molar refractivity (Wildman–Crippen MR) is 331 cm³/mol. The second kappa shape index (κ2) is 56.6. The zero-order valence-electron chi connectivity index (χ0n) is 51.5. The second-order valence-corrected chi connectivity index (χ2v) is 22.4. The van der Waals surface area contributed by atoms with Crippen molar-refractivity contribution in [2.75, 3.05) is 13.2 Å². The predicted octanol–water partition coefficient (Wildman–Crippen LogP) is 17.7. The van der Waals surface area contributed by atoms with Crippen molar-refractivity contribution >= 4 is 23.9 Å². The maximum Gasteiger partial charge on any atom is 0.335 e. The van der Waals surface area contributed by atoms with Gasteiger partial charge in [0.15, 0.2) is 24.6 Å². The highest BCUT2D eigenvalue weighted by molar-refractivity contribution is 5.74. The smallest absolute Gasteiger partial charge is 0.335 e. The minimum absolute atomic E-state index is 0.0488. The van der Waals surface area contributed by atoms with Crippen molar-refractivity contribution in [1.82, 2.24) is 0 Å². The Balaban J connectivity index is 2.67. The van der Waals surface area contributed by atoms with E-state index >= 15 is 0 Å². The van der Waals surface area contributed by atoms with Crippen LogP contribution in [-0.4, -0.2) is 89.2 Å². The van der Waals surface area contributed by atoms with E-state index in [0.29, 0.717) is 19.3 Å². The molecule has 0 aromatic carbocycles. The highest BCUT2D eigenvalue weighted by Gasteiger charge is 2.50. The molecule has 1 fully saturated rings. The Bertz CT molecular complexity index is 1680. The molecule has 0 saturated carbocycles. The van der Waals surface area contributed by atoms with E-state index in [9.17, 15) is 34.5 Å². The number of aliphatic hydroxyl groups is 2. The summed E-state index contributed by atoms with van der Waals surface area (Å²) in [6.45, 7) is 5.93. The van der Waals surface area contributed by atoms with Gasteiger partial charge < -0.3 is 39.0 Å². The molecule has 12 nitrogen and oxygen atoms in total. The number of ether oxygens (including phenoxy) is 5. The molecule has 0 radical (unpaired) electrons. The first-order valence-corrected chi connectivity index (χ1v) is 32.9. The zero-order valence-corrected chi connectivity index (χ0v) is 51.5. The standard InChI is InChI=1S/C69H118O12/c1-4-7-10-13-16-19-22-25-28-31-34-37-40-43-46-49-52-55-61(70)77-58-60(79-62(71)56-53-50-47-44-41-38-35-32-29-26-23-20-17-14-11-8-5-2)59-78-69-67(65(74)64(73)66(81-69)68(75)76)80-63(72)57-54-51-48-45-42-39-36-33-30-27-24-21-18-15-12-9-6-3/h16-21,25-30,60,64-67,69,73-74H,4-15,22-24,31-59H2,1-3H3,(H,75,76)/b19-16-,20-17-,21-18-,28-25-,29-26-,30-27-. The molecule has 1 rings (SSSR count). The van der Waals surface area contributed by atoms with Gasteiger partial charge in [-0.3, -0.25) is 14.4 Å². The number of carbonyl (C=O) groups excluding carboxylic acids is 3. The van der Waals surface area contributed by atoms with Crippen molar-refractivity contribution in [3.8, 4) is 0 Å². The van der Waals surface area contributed by atoms with Gasteiger partial charge in [-0.2, -0.15) is 0 Å². The topological polar surface area (TPSA) is 175 Å². The first-order chi connectivity index (χ1) is 39.6. The normalized spacial score (nSPS) is 18.2. The molecule has 3 N–H and O–H groups in total. The van der Waals surface area contributed by atoms with Crippen LogP contribution >= 0.6 is 0 Å². The molecule has 0 aromatic rings. The van der Waals surface area contributed by atoms with Crippen LogP contribution in [0.3, 0.4) is 0 Å². The largest absolute Gasteiger partial charge is 0.479 e. The maximum atomic E-state index is 13.2. The Kier molecular flexibility index (Phi) is 52.6. The Morgan fingerprint density at radius 1 is 0.407 bits per heavy atom. The molecule has 1 aliphatic rings. The van der Waals surface area contributed by atoms with Gasteiger partial charge in [0.25, 0.3) is 0 Å². The fourth-order valence-corrected chi connectivity index (χ4v) is 9.64. The molecular weight excluding hydrogens is 1020 g/mol. The summed E-state index contributed by atoms with van der Waals surface area (Å²) in [5.41, 5.74) is 0. The number of hydrogen-bond donors (Lipinski definition) is 3. The number of hydrogen-bond acceptors (Lipinski definition) is 11. The number of unbranched alkanes of at least 4 members (excludes halogenated alkanes) is 30. The summed E-state index contributed by atoms with van der Waals surface area (Å²) < 4.78 is 28.5. The van der Waals surface area contributed by atoms with Crippen molar-refractivity contribution < 1.29 is 58.2 Å². The summed E-state index contributed by atoms with van der Waals surface area (Å²) >= 11 is 0. The molecular formula is C69H118O12. The van der Waals surface area contributed by atoms with Crippen molar-refractivity contribution in [2.45, 2.75) is 327 Å². The van der Waals surface area contributed by atoms with Crippen LogP contribution in [0.4, 0.5) is 0 Å². The van der Waals surface area contributed by atoms with E-state index in [-0.39, 0.29) is 25.9 Å². The second-order valence-electron chi connectivity index (χ2n) is 22.4. The van der Waals surface area contributed by atoms with E-state index in [2.05, 4.69) is 93.7 Å². The van der Waals surface area contributed by atoms with Crippen molar-refractivity contribution in [2.24, 2.45) is 0 Å². The quantitative estimate of drug-likeness (QED) is 0.0228. The summed E-state index contributed by atoms with van der Waals surface area (Å²) in [6, 6.07) is 0. The van der Waals surface area contributed by atoms with Gasteiger partial charge in [0.2, 0.25) is 0 Å². The average Bonchev–Trinajstić information content (AvgIpc) is 3.53. The third-order valence-electron chi connectivity index (χ3n) is 14.7. The number of carboxylic acid groups (broad SMARTS) is 1. The van der Waals surface area contributed by atoms with Gasteiger partial charge in [-0.1, -0.05) is 229 Å². The number of aliphatic carboxylic acids is 1. The highest BCUT2D eigenvalue weighted by Crippen LogP contribution is 2.27. The fourth-order valence-electron chi connectivity index (χ4n) is 9.64. The molecule has 0 spiro atoms. The van der Waals surface area contributed by atoms with E-state index in [1.807, 2.05) is 0 Å². The van der Waals surface area contributed by atoms with Gasteiger partial charge >= 0.3 is 23.9 Å². The number of esters is 3. The Morgan fingerprint density at radius 2 is 0.741 bits per heavy atom. The number of carboxylic acids is 1. The first kappa shape index (κ1) is 75.2. The molecule has 0 bridgehead atoms. The third-order valence-corrected chi connectivity index (χ3v) is 14.7. The monoisotopic (exact) mass is 1140 g/mol. The third kappa shape index (κ3) is 46.3. The average molecular weight is 1140 g/mol. The number of carbonyl (C=O) groups is 4. The SMILES string of the molecule is CCCCC/C=C\C/C=C\CCCCCCCCCC(=O)OCC(COC1OC(C(=O)O)C(O)C(O)C1OC(=O)CCCCCCCCC/C=C\C/C=C\CCCCC)OC(=O)CCCCCCCCC/C=C\C/C=C\CCCCC. The molecule has 6 unspecified atom stereocenters. The molecule has 0 amide bonds. The van der Waals surface area contributed by atoms with Crippen molar-refractivity contribution in [1.29, 1.82) is 0 Å². The fraction of sp³-hybridized carbons (Fsp3) is 0.768. The molecule has 1 aliphatic heterocycles. The highest BCUT2D eigenvalue weighted by atomic mass is 16.7. The summed E-state index contributed by atoms with van der Waals surface area (Å²) in [5.74, 6) is -3.14. The van der Waals surface area contributed by atoms with Crippen molar-refractivity contribution in [3.63, 3.8) is 0 Å². The van der Waals surface area contributed by atoms with Crippen molar-refractivity contribution in [3.05, 3.63) is 72.9 Å². The Hall–Kier alpha value is -3.84. The molecule has 1 heterocycles. The van der Waals surface area contributed by atoms with Crippen LogP contribution < -0.4 is 0 Å². The van der Waals surface area contributed by atoms with E-state index in [1.165, 1.54) is 89.9 Å². The van der Waals surface area contributed by atoms with E-state index in [4.69, 9.17) is 23.7 Å². The molecule has 0 aliphatic carbocycles.